The predicted octanol–water partition coefficient (Wildman–Crippen LogP) is 4.83. The summed E-state index contributed by atoms with van der Waals surface area (Å²) < 4.78 is 0. The van der Waals surface area contributed by atoms with Gasteiger partial charge in [0.2, 0.25) is 0 Å². The lowest BCUT2D eigenvalue weighted by molar-refractivity contribution is -0.105. The highest BCUT2D eigenvalue weighted by Gasteiger charge is 2.21. The van der Waals surface area contributed by atoms with Crippen LogP contribution in [-0.2, 0) is 4.79 Å². The molecule has 1 nitrogen and oxygen atoms in total. The lowest BCUT2D eigenvalue weighted by atomic mass is 9.78. The van der Waals surface area contributed by atoms with Crippen LogP contribution in [0.1, 0.15) is 65.7 Å². The summed E-state index contributed by atoms with van der Waals surface area (Å²) in [5, 5.41) is 0. The van der Waals surface area contributed by atoms with E-state index in [4.69, 9.17) is 0 Å². The van der Waals surface area contributed by atoms with Crippen molar-refractivity contribution in [2.75, 3.05) is 0 Å². The van der Waals surface area contributed by atoms with Gasteiger partial charge in [0.1, 0.15) is 6.29 Å². The molecule has 1 rings (SSSR count). The molecular weight excluding hydrogens is 208 g/mol. The molecule has 0 saturated carbocycles. The highest BCUT2D eigenvalue weighted by Crippen LogP contribution is 2.34. The largest absolute Gasteiger partial charge is 0.298 e. The molecule has 1 heteroatoms. The molecule has 0 radical (unpaired) electrons. The van der Waals surface area contributed by atoms with Crippen LogP contribution in [0, 0.1) is 5.41 Å². The molecule has 0 aromatic rings. The van der Waals surface area contributed by atoms with E-state index in [0.29, 0.717) is 0 Å². The molecule has 0 unspecified atom stereocenters. The summed E-state index contributed by atoms with van der Waals surface area (Å²) in [6, 6.07) is 0. The van der Waals surface area contributed by atoms with Crippen molar-refractivity contribution < 1.29 is 4.79 Å². The summed E-state index contributed by atoms with van der Waals surface area (Å²) in [5.74, 6) is 0. The summed E-state index contributed by atoms with van der Waals surface area (Å²) in [7, 11) is 0. The monoisotopic (exact) mass is 234 g/mol. The molecule has 1 aliphatic carbocycles. The molecule has 17 heavy (non-hydrogen) atoms. The molecular formula is C16H26O. The summed E-state index contributed by atoms with van der Waals surface area (Å²) in [6.45, 7) is 6.60. The van der Waals surface area contributed by atoms with E-state index in [2.05, 4.69) is 32.9 Å². The number of allylic oxidation sites excluding steroid dienone is 4. The highest BCUT2D eigenvalue weighted by molar-refractivity contribution is 5.74. The Morgan fingerprint density at radius 3 is 2.53 bits per heavy atom. The summed E-state index contributed by atoms with van der Waals surface area (Å²) in [4.78, 5) is 11.2. The average molecular weight is 234 g/mol. The quantitative estimate of drug-likeness (QED) is 0.469. The van der Waals surface area contributed by atoms with Crippen LogP contribution >= 0.6 is 0 Å². The van der Waals surface area contributed by atoms with Gasteiger partial charge >= 0.3 is 0 Å². The van der Waals surface area contributed by atoms with Gasteiger partial charge in [0, 0.05) is 0 Å². The van der Waals surface area contributed by atoms with Gasteiger partial charge in [-0.2, -0.15) is 0 Å². The van der Waals surface area contributed by atoms with E-state index in [1.165, 1.54) is 31.3 Å². The second-order valence-electron chi connectivity index (χ2n) is 5.78. The molecule has 0 saturated heterocycles. The van der Waals surface area contributed by atoms with Crippen LogP contribution < -0.4 is 0 Å². The third kappa shape index (κ3) is 4.49. The Kier molecular flexibility index (Phi) is 5.67. The van der Waals surface area contributed by atoms with E-state index in [1.807, 2.05) is 0 Å². The average Bonchev–Trinajstić information content (AvgIpc) is 2.29. The molecule has 0 aromatic carbocycles. The van der Waals surface area contributed by atoms with Crippen molar-refractivity contribution in [3.05, 3.63) is 23.3 Å². The van der Waals surface area contributed by atoms with Gasteiger partial charge in [0.25, 0.3) is 0 Å². The van der Waals surface area contributed by atoms with Gasteiger partial charge in [-0.1, -0.05) is 44.4 Å². The van der Waals surface area contributed by atoms with Crippen LogP contribution in [0.15, 0.2) is 23.3 Å². The molecule has 0 aromatic heterocycles. The number of aldehydes is 1. The fourth-order valence-electron chi connectivity index (χ4n) is 2.35. The molecule has 0 fully saturated rings. The maximum atomic E-state index is 11.2. The number of carbonyl (C=O) groups is 1. The first-order valence-electron chi connectivity index (χ1n) is 6.88. The number of hydrogen-bond acceptors (Lipinski definition) is 1. The first kappa shape index (κ1) is 14.2. The maximum absolute atomic E-state index is 11.2. The van der Waals surface area contributed by atoms with Crippen LogP contribution in [-0.4, -0.2) is 6.29 Å². The van der Waals surface area contributed by atoms with Crippen molar-refractivity contribution in [3.63, 3.8) is 0 Å². The van der Waals surface area contributed by atoms with Crippen molar-refractivity contribution in [2.24, 2.45) is 5.41 Å². The zero-order valence-corrected chi connectivity index (χ0v) is 11.6. The molecule has 0 amide bonds. The standard InChI is InChI=1S/C16H26O/c1-14-15(13-17)11-9-7-5-4-6-8-10-12-16(14,2)3/h8,10,13H,4-7,9,11-12H2,1-3H3/b10-8+,15-14-. The molecule has 0 bridgehead atoms. The van der Waals surface area contributed by atoms with E-state index in [1.54, 1.807) is 0 Å². The van der Waals surface area contributed by atoms with Gasteiger partial charge in [0.15, 0.2) is 0 Å². The number of hydrogen-bond donors (Lipinski definition) is 0. The minimum atomic E-state index is 0.117. The molecule has 0 atom stereocenters. The Labute approximate surface area is 106 Å². The minimum Gasteiger partial charge on any atom is -0.298 e. The van der Waals surface area contributed by atoms with E-state index >= 15 is 0 Å². The first-order valence-corrected chi connectivity index (χ1v) is 6.88. The fourth-order valence-corrected chi connectivity index (χ4v) is 2.35. The molecule has 0 N–H and O–H groups in total. The normalized spacial score (nSPS) is 28.9. The van der Waals surface area contributed by atoms with Crippen LogP contribution in [0.3, 0.4) is 0 Å². The van der Waals surface area contributed by atoms with Crippen LogP contribution in [0.2, 0.25) is 0 Å². The van der Waals surface area contributed by atoms with E-state index < -0.39 is 0 Å². The van der Waals surface area contributed by atoms with Crippen LogP contribution in [0.5, 0.6) is 0 Å². The number of rotatable bonds is 1. The highest BCUT2D eigenvalue weighted by atomic mass is 16.1. The summed E-state index contributed by atoms with van der Waals surface area (Å²) in [5.41, 5.74) is 2.42. The smallest absolute Gasteiger partial charge is 0.145 e. The lowest BCUT2D eigenvalue weighted by Crippen LogP contribution is -2.14. The van der Waals surface area contributed by atoms with Gasteiger partial charge in [-0.3, -0.25) is 4.79 Å². The Balaban J connectivity index is 2.88. The van der Waals surface area contributed by atoms with E-state index in [-0.39, 0.29) is 5.41 Å². The first-order chi connectivity index (χ1) is 8.08. The van der Waals surface area contributed by atoms with Crippen LogP contribution in [0.25, 0.3) is 0 Å². The second kappa shape index (κ2) is 6.78. The minimum absolute atomic E-state index is 0.117. The lowest BCUT2D eigenvalue weighted by Gasteiger charge is -2.26. The van der Waals surface area contributed by atoms with Gasteiger partial charge in [-0.05, 0) is 50.0 Å². The van der Waals surface area contributed by atoms with Crippen molar-refractivity contribution in [1.29, 1.82) is 0 Å². The fraction of sp³-hybridized carbons (Fsp3) is 0.688. The Bertz CT molecular complexity index is 307. The Morgan fingerprint density at radius 2 is 1.82 bits per heavy atom. The summed E-state index contributed by atoms with van der Waals surface area (Å²) in [6.07, 6.45) is 13.9. The third-order valence-corrected chi connectivity index (χ3v) is 4.00. The molecule has 0 spiro atoms. The van der Waals surface area contributed by atoms with Gasteiger partial charge in [-0.25, -0.2) is 0 Å². The maximum Gasteiger partial charge on any atom is 0.145 e. The Morgan fingerprint density at radius 1 is 1.12 bits per heavy atom. The zero-order chi connectivity index (χ0) is 12.7. The Hall–Kier alpha value is -0.850. The van der Waals surface area contributed by atoms with Crippen molar-refractivity contribution in [3.8, 4) is 0 Å². The van der Waals surface area contributed by atoms with Gasteiger partial charge < -0.3 is 0 Å². The van der Waals surface area contributed by atoms with Crippen LogP contribution in [0.4, 0.5) is 0 Å². The molecule has 96 valence electrons. The molecule has 0 heterocycles. The predicted molar refractivity (Wildman–Crippen MR) is 74.0 cm³/mol. The topological polar surface area (TPSA) is 17.1 Å². The number of carbonyl (C=O) groups excluding carboxylic acids is 1. The van der Waals surface area contributed by atoms with Crippen molar-refractivity contribution in [1.82, 2.24) is 0 Å². The molecule has 1 aliphatic rings. The van der Waals surface area contributed by atoms with Gasteiger partial charge in [-0.15, -0.1) is 0 Å². The SMILES string of the molecule is C/C1=C(/C=O)CCCCCC/C=C/CC1(C)C. The second-order valence-corrected chi connectivity index (χ2v) is 5.78. The zero-order valence-electron chi connectivity index (χ0n) is 11.6. The van der Waals surface area contributed by atoms with E-state index in [9.17, 15) is 4.79 Å². The third-order valence-electron chi connectivity index (χ3n) is 4.00. The van der Waals surface area contributed by atoms with Crippen molar-refractivity contribution in [2.45, 2.75) is 65.7 Å². The molecule has 0 aliphatic heterocycles. The van der Waals surface area contributed by atoms with Gasteiger partial charge in [0.05, 0.1) is 0 Å². The van der Waals surface area contributed by atoms with Crippen molar-refractivity contribution >= 4 is 6.29 Å². The summed E-state index contributed by atoms with van der Waals surface area (Å²) >= 11 is 0. The van der Waals surface area contributed by atoms with E-state index in [0.717, 1.165) is 31.1 Å².